The molecule has 0 saturated heterocycles. The second-order valence-corrected chi connectivity index (χ2v) is 7.18. The number of benzene rings is 2. The number of hydrogen-bond donors (Lipinski definition) is 3. The number of aromatic nitrogens is 3. The van der Waals surface area contributed by atoms with Gasteiger partial charge in [0.1, 0.15) is 5.65 Å². The van der Waals surface area contributed by atoms with Crippen LogP contribution in [0.2, 0.25) is 0 Å². The fraction of sp³-hybridized carbons (Fsp3) is 0.0833. The molecule has 3 heterocycles. The third kappa shape index (κ3) is 3.39. The van der Waals surface area contributed by atoms with Crippen molar-refractivity contribution in [3.63, 3.8) is 0 Å². The SMILES string of the molecule is [2H]C(c1c[nH]c2ncccc12)n1ccc2c(NC(=O)Nc3cccc(C)c3)cccc21. The van der Waals surface area contributed by atoms with Crippen LogP contribution < -0.4 is 10.6 Å². The van der Waals surface area contributed by atoms with Gasteiger partial charge in [-0.25, -0.2) is 9.78 Å². The first-order valence-electron chi connectivity index (χ1n) is 10.3. The summed E-state index contributed by atoms with van der Waals surface area (Å²) in [5, 5.41) is 7.59. The van der Waals surface area contributed by atoms with Crippen molar-refractivity contribution in [2.75, 3.05) is 10.6 Å². The van der Waals surface area contributed by atoms with Gasteiger partial charge in [-0.1, -0.05) is 18.2 Å². The van der Waals surface area contributed by atoms with Crippen LogP contribution in [0.4, 0.5) is 16.2 Å². The molecular formula is C24H21N5O. The van der Waals surface area contributed by atoms with Gasteiger partial charge in [0.15, 0.2) is 0 Å². The number of amides is 2. The van der Waals surface area contributed by atoms with E-state index in [2.05, 4.69) is 20.6 Å². The quantitative estimate of drug-likeness (QED) is 0.374. The summed E-state index contributed by atoms with van der Waals surface area (Å²) in [6.07, 6.45) is 5.44. The van der Waals surface area contributed by atoms with Gasteiger partial charge in [0.2, 0.25) is 0 Å². The van der Waals surface area contributed by atoms with E-state index in [1.165, 1.54) is 0 Å². The molecule has 0 aliphatic carbocycles. The zero-order chi connectivity index (χ0) is 21.4. The number of carbonyl (C=O) groups excluding carboxylic acids is 1. The van der Waals surface area contributed by atoms with Gasteiger partial charge in [0.05, 0.1) is 12.6 Å². The number of hydrogen-bond acceptors (Lipinski definition) is 2. The summed E-state index contributed by atoms with van der Waals surface area (Å²) in [4.78, 5) is 20.0. The largest absolute Gasteiger partial charge is 0.346 e. The molecule has 0 saturated carbocycles. The molecule has 0 aliphatic rings. The zero-order valence-electron chi connectivity index (χ0n) is 17.4. The molecule has 2 aromatic carbocycles. The Labute approximate surface area is 175 Å². The number of aryl methyl sites for hydroxylation is 1. The Hall–Kier alpha value is -4.06. The van der Waals surface area contributed by atoms with E-state index < -0.39 is 6.52 Å². The smallest absolute Gasteiger partial charge is 0.323 e. The lowest BCUT2D eigenvalue weighted by Gasteiger charge is -2.10. The highest BCUT2D eigenvalue weighted by molar-refractivity contribution is 6.05. The van der Waals surface area contributed by atoms with E-state index in [4.69, 9.17) is 1.37 Å². The molecule has 5 rings (SSSR count). The maximum atomic E-state index is 12.5. The average molecular weight is 396 g/mol. The molecule has 1 unspecified atom stereocenters. The molecule has 148 valence electrons. The van der Waals surface area contributed by atoms with E-state index in [0.29, 0.717) is 5.69 Å². The molecule has 30 heavy (non-hydrogen) atoms. The van der Waals surface area contributed by atoms with Gasteiger partial charge < -0.3 is 20.2 Å². The third-order valence-corrected chi connectivity index (χ3v) is 5.05. The molecule has 3 N–H and O–H groups in total. The normalized spacial score (nSPS) is 12.6. The fourth-order valence-corrected chi connectivity index (χ4v) is 3.65. The van der Waals surface area contributed by atoms with Crippen molar-refractivity contribution in [2.45, 2.75) is 13.4 Å². The van der Waals surface area contributed by atoms with Gasteiger partial charge in [-0.05, 0) is 60.5 Å². The molecule has 0 bridgehead atoms. The van der Waals surface area contributed by atoms with Gasteiger partial charge in [0.25, 0.3) is 0 Å². The van der Waals surface area contributed by atoms with Gasteiger partial charge >= 0.3 is 6.03 Å². The number of pyridine rings is 1. The highest BCUT2D eigenvalue weighted by Gasteiger charge is 2.11. The van der Waals surface area contributed by atoms with Crippen molar-refractivity contribution >= 4 is 39.3 Å². The van der Waals surface area contributed by atoms with Crippen LogP contribution in [0.1, 0.15) is 12.5 Å². The highest BCUT2D eigenvalue weighted by Crippen LogP contribution is 2.27. The number of aromatic amines is 1. The molecular weight excluding hydrogens is 374 g/mol. The molecule has 2 amide bonds. The summed E-state index contributed by atoms with van der Waals surface area (Å²) in [7, 11) is 0. The number of nitrogens with zero attached hydrogens (tertiary/aromatic N) is 2. The monoisotopic (exact) mass is 396 g/mol. The van der Waals surface area contributed by atoms with E-state index >= 15 is 0 Å². The number of H-pyrrole nitrogens is 1. The maximum Gasteiger partial charge on any atom is 0.323 e. The second kappa shape index (κ2) is 7.40. The second-order valence-electron chi connectivity index (χ2n) is 7.18. The van der Waals surface area contributed by atoms with Crippen LogP contribution >= 0.6 is 0 Å². The van der Waals surface area contributed by atoms with Gasteiger partial charge in [-0.2, -0.15) is 0 Å². The van der Waals surface area contributed by atoms with Gasteiger partial charge in [-0.15, -0.1) is 0 Å². The predicted molar refractivity (Wildman–Crippen MR) is 121 cm³/mol. The lowest BCUT2D eigenvalue weighted by molar-refractivity contribution is 0.262. The summed E-state index contributed by atoms with van der Waals surface area (Å²) in [6.45, 7) is 1.33. The Bertz CT molecular complexity index is 1400. The van der Waals surface area contributed by atoms with Gasteiger partial charge in [0, 0.05) is 41.6 Å². The van der Waals surface area contributed by atoms with E-state index in [1.54, 1.807) is 6.20 Å². The topological polar surface area (TPSA) is 74.7 Å². The van der Waals surface area contributed by atoms with Crippen LogP contribution in [0.3, 0.4) is 0 Å². The summed E-state index contributed by atoms with van der Waals surface area (Å²) in [5.74, 6) is 0. The van der Waals surface area contributed by atoms with Crippen molar-refractivity contribution in [1.29, 1.82) is 0 Å². The Morgan fingerprint density at radius 1 is 1.10 bits per heavy atom. The van der Waals surface area contributed by atoms with Crippen LogP contribution in [-0.4, -0.2) is 20.6 Å². The minimum Gasteiger partial charge on any atom is -0.346 e. The number of fused-ring (bicyclic) bond motifs is 2. The lowest BCUT2D eigenvalue weighted by Crippen LogP contribution is -2.19. The molecule has 0 fully saturated rings. The van der Waals surface area contributed by atoms with Crippen LogP contribution in [0.25, 0.3) is 21.9 Å². The molecule has 3 aromatic heterocycles. The number of urea groups is 1. The number of rotatable bonds is 4. The fourth-order valence-electron chi connectivity index (χ4n) is 3.65. The molecule has 0 spiro atoms. The average Bonchev–Trinajstić information content (AvgIpc) is 3.38. The van der Waals surface area contributed by atoms with Crippen molar-refractivity contribution in [1.82, 2.24) is 14.5 Å². The Balaban J connectivity index is 1.44. The summed E-state index contributed by atoms with van der Waals surface area (Å²) < 4.78 is 10.7. The standard InChI is InChI=1S/C24H21N5O/c1-16-5-2-6-18(13-16)27-24(30)28-21-8-3-9-22-20(21)10-12-29(22)15-17-14-26-23-19(17)7-4-11-25-23/h2-14H,15H2,1H3,(H,25,26)(H2,27,28,30)/i15D. The van der Waals surface area contributed by atoms with Crippen LogP contribution in [0, 0.1) is 6.92 Å². The van der Waals surface area contributed by atoms with E-state index in [-0.39, 0.29) is 6.03 Å². The summed E-state index contributed by atoms with van der Waals surface area (Å²) in [5.41, 5.74) is 4.98. The van der Waals surface area contributed by atoms with Crippen LogP contribution in [0.15, 0.2) is 79.3 Å². The number of anilines is 2. The van der Waals surface area contributed by atoms with Crippen LogP contribution in [0.5, 0.6) is 0 Å². The first-order chi connectivity index (χ1) is 15.1. The van der Waals surface area contributed by atoms with Crippen molar-refractivity contribution in [2.24, 2.45) is 0 Å². The summed E-state index contributed by atoms with van der Waals surface area (Å²) in [6, 6.07) is 18.8. The molecule has 6 heteroatoms. The van der Waals surface area contributed by atoms with Crippen molar-refractivity contribution in [3.8, 4) is 0 Å². The molecule has 5 aromatic rings. The highest BCUT2D eigenvalue weighted by atomic mass is 16.2. The maximum absolute atomic E-state index is 12.5. The van der Waals surface area contributed by atoms with Crippen molar-refractivity contribution in [3.05, 3.63) is 90.4 Å². The lowest BCUT2D eigenvalue weighted by atomic mass is 10.2. The van der Waals surface area contributed by atoms with E-state index in [0.717, 1.165) is 38.8 Å². The molecule has 6 nitrogen and oxygen atoms in total. The minimum atomic E-state index is -0.646. The number of nitrogens with one attached hydrogen (secondary N) is 3. The predicted octanol–water partition coefficient (Wildman–Crippen LogP) is 5.52. The first-order valence-corrected chi connectivity index (χ1v) is 9.68. The third-order valence-electron chi connectivity index (χ3n) is 5.05. The van der Waals surface area contributed by atoms with Crippen LogP contribution in [-0.2, 0) is 6.52 Å². The van der Waals surface area contributed by atoms with Crippen molar-refractivity contribution < 1.29 is 6.17 Å². The minimum absolute atomic E-state index is 0.309. The summed E-state index contributed by atoms with van der Waals surface area (Å²) >= 11 is 0. The van der Waals surface area contributed by atoms with Gasteiger partial charge in [-0.3, -0.25) is 0 Å². The Morgan fingerprint density at radius 2 is 2.00 bits per heavy atom. The molecule has 0 radical (unpaired) electrons. The van der Waals surface area contributed by atoms with E-state index in [1.807, 2.05) is 84.5 Å². The molecule has 0 aliphatic heterocycles. The zero-order valence-corrected chi connectivity index (χ0v) is 16.4. The molecule has 1 atom stereocenters. The Kier molecular flexibility index (Phi) is 4.16. The first kappa shape index (κ1) is 16.9. The van der Waals surface area contributed by atoms with E-state index in [9.17, 15) is 4.79 Å². The Morgan fingerprint density at radius 3 is 2.90 bits per heavy atom. The number of carbonyl (C=O) groups is 1.